The molecule has 0 spiro atoms. The van der Waals surface area contributed by atoms with Crippen LogP contribution in [0.5, 0.6) is 0 Å². The van der Waals surface area contributed by atoms with Crippen molar-refractivity contribution in [1.82, 2.24) is 0 Å². The van der Waals surface area contributed by atoms with Gasteiger partial charge in [-0.05, 0) is 23.8 Å². The molecular weight excluding hydrogens is 327 g/mol. The van der Waals surface area contributed by atoms with E-state index in [2.05, 4.69) is 0 Å². The van der Waals surface area contributed by atoms with Crippen LogP contribution in [-0.4, -0.2) is 35.7 Å². The van der Waals surface area contributed by atoms with Crippen molar-refractivity contribution in [3.05, 3.63) is 41.5 Å². The van der Waals surface area contributed by atoms with Gasteiger partial charge >= 0.3 is 6.18 Å². The van der Waals surface area contributed by atoms with Gasteiger partial charge in [-0.1, -0.05) is 12.1 Å². The number of carbonyl (C=O) groups excluding carboxylic acids is 2. The zero-order valence-electron chi connectivity index (χ0n) is 12.2. The minimum atomic E-state index is -4.56. The number of fused-ring (bicyclic) bond motifs is 5. The van der Waals surface area contributed by atoms with E-state index in [0.29, 0.717) is 5.57 Å². The quantitative estimate of drug-likeness (QED) is 0.655. The number of alkyl halides is 3. The summed E-state index contributed by atoms with van der Waals surface area (Å²) in [5.41, 5.74) is -0.487. The largest absolute Gasteiger partial charge is 0.416 e. The van der Waals surface area contributed by atoms with Crippen molar-refractivity contribution >= 4 is 17.5 Å². The zero-order valence-corrected chi connectivity index (χ0v) is 12.2. The van der Waals surface area contributed by atoms with Crippen LogP contribution in [0.3, 0.4) is 0 Å². The van der Waals surface area contributed by atoms with Gasteiger partial charge in [-0.3, -0.25) is 9.59 Å². The number of carbonyl (C=O) groups is 2. The molecule has 0 radical (unpaired) electrons. The van der Waals surface area contributed by atoms with Crippen molar-refractivity contribution in [1.29, 1.82) is 0 Å². The minimum Gasteiger partial charge on any atom is -0.392 e. The van der Waals surface area contributed by atoms with E-state index >= 15 is 0 Å². The van der Waals surface area contributed by atoms with Crippen molar-refractivity contribution in [2.75, 3.05) is 11.5 Å². The molecule has 3 aliphatic rings. The van der Waals surface area contributed by atoms with E-state index in [-0.39, 0.29) is 12.3 Å². The highest BCUT2D eigenvalue weighted by molar-refractivity contribution is 6.23. The lowest BCUT2D eigenvalue weighted by Crippen LogP contribution is -2.35. The number of nitrogens with zero attached hydrogens (tertiary/aromatic N) is 1. The molecule has 2 amide bonds. The molecule has 4 rings (SSSR count). The predicted molar refractivity (Wildman–Crippen MR) is 74.7 cm³/mol. The van der Waals surface area contributed by atoms with Gasteiger partial charge in [0, 0.05) is 0 Å². The van der Waals surface area contributed by atoms with Crippen LogP contribution in [0, 0.1) is 11.8 Å². The van der Waals surface area contributed by atoms with Gasteiger partial charge in [-0.2, -0.15) is 13.2 Å². The Hall–Kier alpha value is -2.19. The first-order valence-electron chi connectivity index (χ1n) is 7.35. The Bertz CT molecular complexity index is 773. The molecule has 3 aliphatic heterocycles. The standard InChI is InChI=1S/C16H12F3NO4/c17-16(18,19)8-2-1-3-9(5-8)20-14(22)11-10-4-7(6-21)13(24-10)12(11)15(20)23/h1-5,10-13,21H,6H2/t10?,11-,12-,13?/m0/s1. The highest BCUT2D eigenvalue weighted by Crippen LogP contribution is 2.49. The van der Waals surface area contributed by atoms with E-state index in [4.69, 9.17) is 4.74 Å². The van der Waals surface area contributed by atoms with Gasteiger partial charge in [-0.25, -0.2) is 4.90 Å². The molecule has 2 saturated heterocycles. The molecule has 24 heavy (non-hydrogen) atoms. The third kappa shape index (κ3) is 1.96. The summed E-state index contributed by atoms with van der Waals surface area (Å²) in [7, 11) is 0. The molecule has 8 heteroatoms. The molecule has 4 atom stereocenters. The van der Waals surface area contributed by atoms with E-state index in [9.17, 15) is 27.9 Å². The highest BCUT2D eigenvalue weighted by Gasteiger charge is 2.63. The number of amides is 2. The Morgan fingerprint density at radius 1 is 1.17 bits per heavy atom. The lowest BCUT2D eigenvalue weighted by molar-refractivity contribution is -0.137. The Morgan fingerprint density at radius 3 is 2.54 bits per heavy atom. The fourth-order valence-corrected chi connectivity index (χ4v) is 3.70. The van der Waals surface area contributed by atoms with Gasteiger partial charge in [0.15, 0.2) is 0 Å². The molecule has 3 heterocycles. The molecular formula is C16H12F3NO4. The van der Waals surface area contributed by atoms with Gasteiger partial charge in [-0.15, -0.1) is 0 Å². The van der Waals surface area contributed by atoms with Crippen molar-refractivity contribution in [3.63, 3.8) is 0 Å². The van der Waals surface area contributed by atoms with Crippen molar-refractivity contribution in [3.8, 4) is 0 Å². The van der Waals surface area contributed by atoms with E-state index in [1.54, 1.807) is 6.08 Å². The zero-order chi connectivity index (χ0) is 17.2. The van der Waals surface area contributed by atoms with Crippen molar-refractivity contribution in [2.24, 2.45) is 11.8 Å². The summed E-state index contributed by atoms with van der Waals surface area (Å²) in [5, 5.41) is 9.29. The number of halogens is 3. The van der Waals surface area contributed by atoms with Crippen molar-refractivity contribution < 1.29 is 32.6 Å². The third-order valence-electron chi connectivity index (χ3n) is 4.74. The summed E-state index contributed by atoms with van der Waals surface area (Å²) < 4.78 is 44.1. The average molecular weight is 339 g/mol. The monoisotopic (exact) mass is 339 g/mol. The van der Waals surface area contributed by atoms with E-state index in [1.165, 1.54) is 6.07 Å². The summed E-state index contributed by atoms with van der Waals surface area (Å²) in [5.74, 6) is -2.68. The molecule has 2 bridgehead atoms. The molecule has 0 aromatic heterocycles. The number of hydrogen-bond donors (Lipinski definition) is 1. The second kappa shape index (κ2) is 4.90. The number of hydrogen-bond acceptors (Lipinski definition) is 4. The fourth-order valence-electron chi connectivity index (χ4n) is 3.70. The van der Waals surface area contributed by atoms with Crippen LogP contribution in [0.2, 0.25) is 0 Å². The van der Waals surface area contributed by atoms with Gasteiger partial charge in [0.25, 0.3) is 0 Å². The Kier molecular flexibility index (Phi) is 3.14. The molecule has 2 fully saturated rings. The number of anilines is 1. The number of ether oxygens (including phenoxy) is 1. The molecule has 1 aromatic carbocycles. The lowest BCUT2D eigenvalue weighted by Gasteiger charge is -2.19. The normalized spacial score (nSPS) is 31.7. The van der Waals surface area contributed by atoms with Crippen LogP contribution in [-0.2, 0) is 20.5 Å². The Balaban J connectivity index is 1.71. The summed E-state index contributed by atoms with van der Waals surface area (Å²) in [4.78, 5) is 26.0. The molecule has 0 saturated carbocycles. The predicted octanol–water partition coefficient (Wildman–Crippen LogP) is 1.51. The smallest absolute Gasteiger partial charge is 0.392 e. The summed E-state index contributed by atoms with van der Waals surface area (Å²) in [6.07, 6.45) is -4.25. The van der Waals surface area contributed by atoms with Gasteiger partial charge in [0.1, 0.15) is 0 Å². The second-order valence-electron chi connectivity index (χ2n) is 6.03. The molecule has 2 unspecified atom stereocenters. The fraction of sp³-hybridized carbons (Fsp3) is 0.375. The van der Waals surface area contributed by atoms with Crippen LogP contribution in [0.25, 0.3) is 0 Å². The molecule has 5 nitrogen and oxygen atoms in total. The molecule has 1 aromatic rings. The molecule has 0 aliphatic carbocycles. The summed E-state index contributed by atoms with van der Waals surface area (Å²) >= 11 is 0. The Labute approximate surface area is 134 Å². The topological polar surface area (TPSA) is 66.8 Å². The van der Waals surface area contributed by atoms with Crippen LogP contribution in [0.1, 0.15) is 5.56 Å². The van der Waals surface area contributed by atoms with E-state index in [0.717, 1.165) is 23.1 Å². The number of benzene rings is 1. The van der Waals surface area contributed by atoms with Crippen LogP contribution in [0.15, 0.2) is 35.9 Å². The van der Waals surface area contributed by atoms with Gasteiger partial charge < -0.3 is 9.84 Å². The molecule has 1 N–H and O–H groups in total. The van der Waals surface area contributed by atoms with Crippen molar-refractivity contribution in [2.45, 2.75) is 18.4 Å². The Morgan fingerprint density at radius 2 is 1.88 bits per heavy atom. The SMILES string of the molecule is O=C1[C@@H]2C3OC(C=C3CO)[C@@H]2C(=O)N1c1cccc(C(F)(F)F)c1. The second-order valence-corrected chi connectivity index (χ2v) is 6.03. The highest BCUT2D eigenvalue weighted by atomic mass is 19.4. The van der Waals surface area contributed by atoms with Crippen LogP contribution in [0.4, 0.5) is 18.9 Å². The minimum absolute atomic E-state index is 0.0980. The first-order valence-corrected chi connectivity index (χ1v) is 7.35. The number of aliphatic hydroxyl groups excluding tert-OH is 1. The van der Waals surface area contributed by atoms with Crippen LogP contribution < -0.4 is 4.90 Å². The van der Waals surface area contributed by atoms with Gasteiger partial charge in [0.05, 0.1) is 41.9 Å². The maximum Gasteiger partial charge on any atom is 0.416 e. The summed E-state index contributed by atoms with van der Waals surface area (Å²) in [6, 6.07) is 4.14. The summed E-state index contributed by atoms with van der Waals surface area (Å²) in [6.45, 7) is -0.282. The van der Waals surface area contributed by atoms with Gasteiger partial charge in [0.2, 0.25) is 11.8 Å². The molecule has 126 valence electrons. The first-order chi connectivity index (χ1) is 11.3. The van der Waals surface area contributed by atoms with Crippen LogP contribution >= 0.6 is 0 Å². The lowest BCUT2D eigenvalue weighted by atomic mass is 9.81. The van der Waals surface area contributed by atoms with E-state index < -0.39 is 47.6 Å². The third-order valence-corrected chi connectivity index (χ3v) is 4.74. The maximum atomic E-state index is 12.9. The number of imide groups is 1. The number of aliphatic hydroxyl groups is 1. The first kappa shape index (κ1) is 15.3. The average Bonchev–Trinajstić information content (AvgIpc) is 3.18. The number of rotatable bonds is 2. The maximum absolute atomic E-state index is 12.9. The van der Waals surface area contributed by atoms with E-state index in [1.807, 2.05) is 0 Å².